The quantitative estimate of drug-likeness (QED) is 0.859. The lowest BCUT2D eigenvalue weighted by atomic mass is 9.93. The van der Waals surface area contributed by atoms with E-state index in [9.17, 15) is 9.59 Å². The van der Waals surface area contributed by atoms with E-state index in [0.29, 0.717) is 23.6 Å². The van der Waals surface area contributed by atoms with Crippen molar-refractivity contribution in [2.24, 2.45) is 0 Å². The topological polar surface area (TPSA) is 73.9 Å². The smallest absolute Gasteiger partial charge is 0.412 e. The highest BCUT2D eigenvalue weighted by atomic mass is 32.1. The van der Waals surface area contributed by atoms with Crippen molar-refractivity contribution in [3.05, 3.63) is 16.0 Å². The van der Waals surface area contributed by atoms with Gasteiger partial charge in [0.1, 0.15) is 5.00 Å². The van der Waals surface area contributed by atoms with Crippen LogP contribution in [0.25, 0.3) is 0 Å². The van der Waals surface area contributed by atoms with Crippen LogP contribution in [0.15, 0.2) is 0 Å². The minimum atomic E-state index is -0.577. The maximum absolute atomic E-state index is 12.3. The summed E-state index contributed by atoms with van der Waals surface area (Å²) in [5.74, 6) is -0.426. The number of anilines is 1. The number of carbonyl (C=O) groups is 2. The fraction of sp³-hybridized carbons (Fsp3) is 0.600. The highest BCUT2D eigenvalue weighted by molar-refractivity contribution is 7.17. The number of hydrogen-bond acceptors (Lipinski definition) is 6. The van der Waals surface area contributed by atoms with Gasteiger partial charge in [-0.3, -0.25) is 5.32 Å². The number of esters is 1. The maximum atomic E-state index is 12.3. The predicted molar refractivity (Wildman–Crippen MR) is 83.5 cm³/mol. The largest absolute Gasteiger partial charge is 0.462 e. The normalized spacial score (nSPS) is 15.8. The Kier molecular flexibility index (Phi) is 5.08. The van der Waals surface area contributed by atoms with Crippen molar-refractivity contribution in [3.63, 3.8) is 0 Å². The molecule has 6 nitrogen and oxygen atoms in total. The van der Waals surface area contributed by atoms with E-state index in [4.69, 9.17) is 14.2 Å². The monoisotopic (exact) mass is 327 g/mol. The van der Waals surface area contributed by atoms with Crippen LogP contribution in [0.5, 0.6) is 0 Å². The summed E-state index contributed by atoms with van der Waals surface area (Å²) in [6, 6.07) is 0. The molecule has 0 atom stereocenters. The highest BCUT2D eigenvalue weighted by Gasteiger charge is 2.34. The van der Waals surface area contributed by atoms with E-state index in [2.05, 4.69) is 5.32 Å². The second kappa shape index (κ2) is 6.66. The predicted octanol–water partition coefficient (Wildman–Crippen LogP) is 3.34. The van der Waals surface area contributed by atoms with Gasteiger partial charge in [0.05, 0.1) is 31.0 Å². The third-order valence-corrected chi connectivity index (χ3v) is 4.38. The van der Waals surface area contributed by atoms with Crippen LogP contribution in [0.1, 0.15) is 48.5 Å². The first kappa shape index (κ1) is 16.8. The molecule has 0 fully saturated rings. The van der Waals surface area contributed by atoms with E-state index in [1.807, 2.05) is 13.8 Å². The van der Waals surface area contributed by atoms with E-state index < -0.39 is 12.1 Å². The van der Waals surface area contributed by atoms with Crippen LogP contribution in [0.2, 0.25) is 0 Å². The zero-order valence-electron chi connectivity index (χ0n) is 13.3. The molecule has 1 aromatic heterocycles. The van der Waals surface area contributed by atoms with Gasteiger partial charge in [-0.1, -0.05) is 0 Å². The number of carbonyl (C=O) groups excluding carboxylic acids is 2. The zero-order valence-corrected chi connectivity index (χ0v) is 14.1. The van der Waals surface area contributed by atoms with Gasteiger partial charge in [-0.15, -0.1) is 11.3 Å². The van der Waals surface area contributed by atoms with Crippen molar-refractivity contribution in [2.75, 3.05) is 18.5 Å². The Bertz CT molecular complexity index is 579. The molecule has 1 aromatic rings. The molecular formula is C15H21NO5S. The minimum Gasteiger partial charge on any atom is -0.462 e. The summed E-state index contributed by atoms with van der Waals surface area (Å²) in [4.78, 5) is 24.9. The van der Waals surface area contributed by atoms with E-state index in [1.165, 1.54) is 11.3 Å². The van der Waals surface area contributed by atoms with E-state index in [1.54, 1.807) is 13.8 Å². The Balaban J connectivity index is 2.38. The van der Waals surface area contributed by atoms with E-state index in [-0.39, 0.29) is 18.8 Å². The lowest BCUT2D eigenvalue weighted by molar-refractivity contribution is -0.0384. The molecule has 0 aromatic carbocycles. The summed E-state index contributed by atoms with van der Waals surface area (Å²) in [6.07, 6.45) is 0.0177. The van der Waals surface area contributed by atoms with Gasteiger partial charge < -0.3 is 14.2 Å². The minimum absolute atomic E-state index is 0.266. The number of amides is 1. The fourth-order valence-corrected chi connectivity index (χ4v) is 3.43. The van der Waals surface area contributed by atoms with Crippen LogP contribution >= 0.6 is 11.3 Å². The third kappa shape index (κ3) is 3.59. The molecule has 0 unspecified atom stereocenters. The van der Waals surface area contributed by atoms with Gasteiger partial charge in [-0.05, 0) is 33.3 Å². The average Bonchev–Trinajstić information content (AvgIpc) is 2.75. The van der Waals surface area contributed by atoms with Crippen molar-refractivity contribution in [1.82, 2.24) is 0 Å². The van der Waals surface area contributed by atoms with Gasteiger partial charge in [0, 0.05) is 11.3 Å². The second-order valence-corrected chi connectivity index (χ2v) is 6.60. The number of hydrogen-bond donors (Lipinski definition) is 1. The number of ether oxygens (including phenoxy) is 3. The summed E-state index contributed by atoms with van der Waals surface area (Å²) in [6.45, 7) is 8.39. The van der Waals surface area contributed by atoms with Gasteiger partial charge in [-0.25, -0.2) is 9.59 Å². The SMILES string of the molecule is CCOC(=O)Nc1sc2c(c1C(=O)OCC)CC(C)(C)OC2. The van der Waals surface area contributed by atoms with Gasteiger partial charge in [0.2, 0.25) is 0 Å². The number of thiophene rings is 1. The molecule has 1 aliphatic rings. The molecule has 1 aliphatic heterocycles. The van der Waals surface area contributed by atoms with Gasteiger partial charge in [0.15, 0.2) is 0 Å². The van der Waals surface area contributed by atoms with Gasteiger partial charge >= 0.3 is 12.1 Å². The number of rotatable bonds is 4. The maximum Gasteiger partial charge on any atom is 0.412 e. The molecule has 0 bridgehead atoms. The van der Waals surface area contributed by atoms with Crippen molar-refractivity contribution in [1.29, 1.82) is 0 Å². The summed E-state index contributed by atoms with van der Waals surface area (Å²) in [5.41, 5.74) is 0.967. The van der Waals surface area contributed by atoms with Crippen molar-refractivity contribution in [3.8, 4) is 0 Å². The summed E-state index contributed by atoms with van der Waals surface area (Å²) < 4.78 is 15.8. The molecule has 2 rings (SSSR count). The van der Waals surface area contributed by atoms with E-state index >= 15 is 0 Å². The Labute approximate surface area is 133 Å². The standard InChI is InChI=1S/C15H21NO5S/c1-5-19-13(17)11-9-7-15(3,4)21-8-10(9)22-12(11)16-14(18)20-6-2/h5-8H2,1-4H3,(H,16,18). The Morgan fingerprint density at radius 1 is 1.27 bits per heavy atom. The first-order valence-corrected chi connectivity index (χ1v) is 8.09. The first-order valence-electron chi connectivity index (χ1n) is 7.27. The van der Waals surface area contributed by atoms with Crippen LogP contribution in [-0.4, -0.2) is 30.9 Å². The molecule has 0 saturated heterocycles. The zero-order chi connectivity index (χ0) is 16.3. The number of nitrogens with one attached hydrogen (secondary N) is 1. The first-order chi connectivity index (χ1) is 10.4. The van der Waals surface area contributed by atoms with Crippen LogP contribution in [-0.2, 0) is 27.2 Å². The van der Waals surface area contributed by atoms with Crippen molar-refractivity contribution < 1.29 is 23.8 Å². The molecule has 0 spiro atoms. The van der Waals surface area contributed by atoms with Crippen LogP contribution in [0.3, 0.4) is 0 Å². The average molecular weight is 327 g/mol. The van der Waals surface area contributed by atoms with Gasteiger partial charge in [0.25, 0.3) is 0 Å². The summed E-state index contributed by atoms with van der Waals surface area (Å²) >= 11 is 1.33. The van der Waals surface area contributed by atoms with Gasteiger partial charge in [-0.2, -0.15) is 0 Å². The number of fused-ring (bicyclic) bond motifs is 1. The fourth-order valence-electron chi connectivity index (χ4n) is 2.32. The molecule has 0 radical (unpaired) electrons. The lowest BCUT2D eigenvalue weighted by Crippen LogP contribution is -2.32. The van der Waals surface area contributed by atoms with Crippen LogP contribution in [0, 0.1) is 0 Å². The molecule has 1 N–H and O–H groups in total. The van der Waals surface area contributed by atoms with Crippen molar-refractivity contribution in [2.45, 2.75) is 46.3 Å². The highest BCUT2D eigenvalue weighted by Crippen LogP contribution is 2.40. The summed E-state index contributed by atoms with van der Waals surface area (Å²) in [7, 11) is 0. The van der Waals surface area contributed by atoms with Crippen LogP contribution < -0.4 is 5.32 Å². The molecule has 1 amide bonds. The van der Waals surface area contributed by atoms with Crippen molar-refractivity contribution >= 4 is 28.4 Å². The molecular weight excluding hydrogens is 306 g/mol. The Morgan fingerprint density at radius 2 is 1.95 bits per heavy atom. The van der Waals surface area contributed by atoms with Crippen LogP contribution in [0.4, 0.5) is 9.80 Å². The second-order valence-electron chi connectivity index (χ2n) is 5.50. The Morgan fingerprint density at radius 3 is 2.59 bits per heavy atom. The molecule has 0 saturated carbocycles. The summed E-state index contributed by atoms with van der Waals surface area (Å²) in [5, 5.41) is 3.10. The lowest BCUT2D eigenvalue weighted by Gasteiger charge is -2.30. The Hall–Kier alpha value is -1.60. The molecule has 7 heteroatoms. The molecule has 0 aliphatic carbocycles. The van der Waals surface area contributed by atoms with E-state index in [0.717, 1.165) is 10.4 Å². The third-order valence-electron chi connectivity index (χ3n) is 3.26. The molecule has 2 heterocycles. The molecule has 22 heavy (non-hydrogen) atoms. The molecule has 122 valence electrons.